The first-order valence-corrected chi connectivity index (χ1v) is 7.33. The smallest absolute Gasteiger partial charge is 0.123 e. The largest absolute Gasteiger partial charge is 0.312 e. The van der Waals surface area contributed by atoms with E-state index in [4.69, 9.17) is 0 Å². The Bertz CT molecular complexity index is 709. The summed E-state index contributed by atoms with van der Waals surface area (Å²) in [5.74, 6) is -0.185. The molecular formula is C16H15FN2S. The number of hydrogen-bond donors (Lipinski definition) is 1. The van der Waals surface area contributed by atoms with E-state index in [9.17, 15) is 4.39 Å². The van der Waals surface area contributed by atoms with Crippen molar-refractivity contribution in [1.82, 2.24) is 10.3 Å². The SMILES string of the molecule is CNC(Cc1cccnc1)c1cc2cc(F)ccc2s1. The highest BCUT2D eigenvalue weighted by atomic mass is 32.1. The molecule has 2 aromatic heterocycles. The van der Waals surface area contributed by atoms with Crippen LogP contribution in [0.5, 0.6) is 0 Å². The van der Waals surface area contributed by atoms with Gasteiger partial charge < -0.3 is 5.32 Å². The number of aromatic nitrogens is 1. The van der Waals surface area contributed by atoms with E-state index in [1.54, 1.807) is 23.6 Å². The zero-order valence-corrected chi connectivity index (χ0v) is 12.0. The molecule has 1 atom stereocenters. The van der Waals surface area contributed by atoms with Crippen LogP contribution in [0.3, 0.4) is 0 Å². The second-order valence-corrected chi connectivity index (χ2v) is 5.85. The zero-order valence-electron chi connectivity index (χ0n) is 11.1. The molecule has 0 saturated carbocycles. The van der Waals surface area contributed by atoms with Gasteiger partial charge in [-0.2, -0.15) is 0 Å². The summed E-state index contributed by atoms with van der Waals surface area (Å²) in [4.78, 5) is 5.37. The highest BCUT2D eigenvalue weighted by Crippen LogP contribution is 2.31. The molecule has 1 aromatic carbocycles. The van der Waals surface area contributed by atoms with E-state index in [0.717, 1.165) is 16.5 Å². The average molecular weight is 286 g/mol. The lowest BCUT2D eigenvalue weighted by Gasteiger charge is -2.14. The van der Waals surface area contributed by atoms with E-state index < -0.39 is 0 Å². The van der Waals surface area contributed by atoms with Gasteiger partial charge in [-0.05, 0) is 54.8 Å². The molecule has 0 aliphatic carbocycles. The van der Waals surface area contributed by atoms with Gasteiger partial charge >= 0.3 is 0 Å². The maximum atomic E-state index is 13.3. The minimum atomic E-state index is -0.185. The third kappa shape index (κ3) is 2.71. The fourth-order valence-electron chi connectivity index (χ4n) is 2.31. The van der Waals surface area contributed by atoms with Gasteiger partial charge in [-0.3, -0.25) is 4.98 Å². The molecular weight excluding hydrogens is 271 g/mol. The number of halogens is 1. The van der Waals surface area contributed by atoms with Gasteiger partial charge in [-0.15, -0.1) is 11.3 Å². The highest BCUT2D eigenvalue weighted by molar-refractivity contribution is 7.19. The highest BCUT2D eigenvalue weighted by Gasteiger charge is 2.13. The number of thiophene rings is 1. The number of fused-ring (bicyclic) bond motifs is 1. The molecule has 2 heterocycles. The molecule has 0 saturated heterocycles. The summed E-state index contributed by atoms with van der Waals surface area (Å²) in [6.45, 7) is 0. The first kappa shape index (κ1) is 13.2. The van der Waals surface area contributed by atoms with E-state index in [1.807, 2.05) is 25.4 Å². The van der Waals surface area contributed by atoms with Crippen LogP contribution in [-0.2, 0) is 6.42 Å². The molecule has 102 valence electrons. The second kappa shape index (κ2) is 5.69. The topological polar surface area (TPSA) is 24.9 Å². The lowest BCUT2D eigenvalue weighted by atomic mass is 10.1. The molecule has 3 aromatic rings. The van der Waals surface area contributed by atoms with Crippen LogP contribution in [0, 0.1) is 5.82 Å². The summed E-state index contributed by atoms with van der Waals surface area (Å²) < 4.78 is 14.4. The Morgan fingerprint density at radius 1 is 1.30 bits per heavy atom. The number of hydrogen-bond acceptors (Lipinski definition) is 3. The predicted molar refractivity (Wildman–Crippen MR) is 81.5 cm³/mol. The summed E-state index contributed by atoms with van der Waals surface area (Å²) in [6.07, 6.45) is 4.54. The van der Waals surface area contributed by atoms with Crippen LogP contribution >= 0.6 is 11.3 Å². The Labute approximate surface area is 121 Å². The third-order valence-electron chi connectivity index (χ3n) is 3.35. The van der Waals surface area contributed by atoms with Crippen LogP contribution in [0.2, 0.25) is 0 Å². The number of nitrogens with zero attached hydrogens (tertiary/aromatic N) is 1. The Kier molecular flexibility index (Phi) is 3.76. The first-order valence-electron chi connectivity index (χ1n) is 6.51. The van der Waals surface area contributed by atoms with E-state index >= 15 is 0 Å². The number of rotatable bonds is 4. The van der Waals surface area contributed by atoms with E-state index in [1.165, 1.54) is 16.5 Å². The molecule has 2 nitrogen and oxygen atoms in total. The van der Waals surface area contributed by atoms with Crippen molar-refractivity contribution in [2.24, 2.45) is 0 Å². The Morgan fingerprint density at radius 3 is 2.95 bits per heavy atom. The molecule has 4 heteroatoms. The van der Waals surface area contributed by atoms with Gasteiger partial charge in [0.2, 0.25) is 0 Å². The van der Waals surface area contributed by atoms with Crippen molar-refractivity contribution >= 4 is 21.4 Å². The molecule has 1 N–H and O–H groups in total. The number of pyridine rings is 1. The summed E-state index contributed by atoms with van der Waals surface area (Å²) in [7, 11) is 1.95. The lowest BCUT2D eigenvalue weighted by molar-refractivity contribution is 0.601. The molecule has 0 bridgehead atoms. The van der Waals surface area contributed by atoms with Crippen molar-refractivity contribution in [1.29, 1.82) is 0 Å². The fraction of sp³-hybridized carbons (Fsp3) is 0.188. The second-order valence-electron chi connectivity index (χ2n) is 4.74. The molecule has 0 aliphatic heterocycles. The minimum absolute atomic E-state index is 0.185. The van der Waals surface area contributed by atoms with E-state index in [2.05, 4.69) is 22.4 Å². The van der Waals surface area contributed by atoms with Crippen LogP contribution < -0.4 is 5.32 Å². The Hall–Kier alpha value is -1.78. The van der Waals surface area contributed by atoms with Crippen LogP contribution in [0.1, 0.15) is 16.5 Å². The van der Waals surface area contributed by atoms with Crippen LogP contribution in [0.25, 0.3) is 10.1 Å². The van der Waals surface area contributed by atoms with Crippen LogP contribution in [0.15, 0.2) is 48.8 Å². The van der Waals surface area contributed by atoms with Crippen molar-refractivity contribution in [3.05, 3.63) is 65.0 Å². The van der Waals surface area contributed by atoms with Gasteiger partial charge in [0.05, 0.1) is 0 Å². The maximum absolute atomic E-state index is 13.3. The lowest BCUT2D eigenvalue weighted by Crippen LogP contribution is -2.17. The molecule has 0 fully saturated rings. The molecule has 0 aliphatic rings. The summed E-state index contributed by atoms with van der Waals surface area (Å²) in [6, 6.07) is 11.3. The van der Waals surface area contributed by atoms with Crippen molar-refractivity contribution in [3.8, 4) is 0 Å². The van der Waals surface area contributed by atoms with Crippen molar-refractivity contribution < 1.29 is 4.39 Å². The summed E-state index contributed by atoms with van der Waals surface area (Å²) >= 11 is 1.71. The minimum Gasteiger partial charge on any atom is -0.312 e. The standard InChI is InChI=1S/C16H15FN2S/c1-18-14(7-11-3-2-6-19-10-11)16-9-12-8-13(17)4-5-15(12)20-16/h2-6,8-10,14,18H,7H2,1H3. The molecule has 3 rings (SSSR count). The Balaban J connectivity index is 1.91. The predicted octanol–water partition coefficient (Wildman–Crippen LogP) is 3.94. The van der Waals surface area contributed by atoms with Gasteiger partial charge in [0, 0.05) is 28.0 Å². The van der Waals surface area contributed by atoms with Crippen molar-refractivity contribution in [3.63, 3.8) is 0 Å². The van der Waals surface area contributed by atoms with Crippen molar-refractivity contribution in [2.75, 3.05) is 7.05 Å². The van der Waals surface area contributed by atoms with Crippen molar-refractivity contribution in [2.45, 2.75) is 12.5 Å². The van der Waals surface area contributed by atoms with Gasteiger partial charge in [-0.25, -0.2) is 4.39 Å². The van der Waals surface area contributed by atoms with Crippen LogP contribution in [0.4, 0.5) is 4.39 Å². The quantitative estimate of drug-likeness (QED) is 0.786. The van der Waals surface area contributed by atoms with Crippen LogP contribution in [-0.4, -0.2) is 12.0 Å². The van der Waals surface area contributed by atoms with Gasteiger partial charge in [-0.1, -0.05) is 6.07 Å². The summed E-state index contributed by atoms with van der Waals surface area (Å²) in [5, 5.41) is 4.30. The zero-order chi connectivity index (χ0) is 13.9. The fourth-order valence-corrected chi connectivity index (χ4v) is 3.46. The van der Waals surface area contributed by atoms with E-state index in [-0.39, 0.29) is 11.9 Å². The van der Waals surface area contributed by atoms with Gasteiger partial charge in [0.15, 0.2) is 0 Å². The Morgan fingerprint density at radius 2 is 2.20 bits per heavy atom. The number of nitrogens with one attached hydrogen (secondary N) is 1. The maximum Gasteiger partial charge on any atom is 0.123 e. The third-order valence-corrected chi connectivity index (χ3v) is 4.58. The van der Waals surface area contributed by atoms with E-state index in [0.29, 0.717) is 0 Å². The normalized spacial score (nSPS) is 12.7. The molecule has 0 radical (unpaired) electrons. The summed E-state index contributed by atoms with van der Waals surface area (Å²) in [5.41, 5.74) is 1.19. The molecule has 1 unspecified atom stereocenters. The first-order chi connectivity index (χ1) is 9.76. The monoisotopic (exact) mass is 286 g/mol. The average Bonchev–Trinajstić information content (AvgIpc) is 2.88. The number of benzene rings is 1. The molecule has 20 heavy (non-hydrogen) atoms. The number of likely N-dealkylation sites (N-methyl/N-ethyl adjacent to an activating group) is 1. The molecule has 0 amide bonds. The van der Waals surface area contributed by atoms with Gasteiger partial charge in [0.25, 0.3) is 0 Å². The molecule has 0 spiro atoms. The van der Waals surface area contributed by atoms with Gasteiger partial charge in [0.1, 0.15) is 5.82 Å².